The van der Waals surface area contributed by atoms with Crippen LogP contribution in [0.25, 0.3) is 22.9 Å². The third-order valence-electron chi connectivity index (χ3n) is 4.25. The Balaban J connectivity index is 1.83. The lowest BCUT2D eigenvalue weighted by molar-refractivity contribution is 0.199. The minimum atomic E-state index is -0.421. The summed E-state index contributed by atoms with van der Waals surface area (Å²) in [5.74, 6) is 0. The fraction of sp³-hybridized carbons (Fsp3) is 0.182. The number of anilines is 1. The third-order valence-corrected chi connectivity index (χ3v) is 4.25. The van der Waals surface area contributed by atoms with Gasteiger partial charge < -0.3 is 10.0 Å². The maximum atomic E-state index is 9.56. The van der Waals surface area contributed by atoms with Crippen LogP contribution in [-0.2, 0) is 0 Å². The number of hydrogen-bond acceptors (Lipinski definition) is 2. The van der Waals surface area contributed by atoms with Crippen LogP contribution in [0, 0.1) is 0 Å². The highest BCUT2D eigenvalue weighted by Crippen LogP contribution is 2.23. The quantitative estimate of drug-likeness (QED) is 0.674. The average Bonchev–Trinajstić information content (AvgIpc) is 2.59. The first kappa shape index (κ1) is 16.3. The molecule has 2 heteroatoms. The van der Waals surface area contributed by atoms with E-state index >= 15 is 0 Å². The zero-order chi connectivity index (χ0) is 17.1. The van der Waals surface area contributed by atoms with E-state index in [4.69, 9.17) is 0 Å². The van der Waals surface area contributed by atoms with Gasteiger partial charge in [-0.1, -0.05) is 54.6 Å². The van der Waals surface area contributed by atoms with Crippen molar-refractivity contribution in [1.29, 1.82) is 0 Å². The van der Waals surface area contributed by atoms with E-state index in [-0.39, 0.29) is 0 Å². The van der Waals surface area contributed by atoms with Crippen molar-refractivity contribution in [2.45, 2.75) is 13.0 Å². The summed E-state index contributed by atoms with van der Waals surface area (Å²) < 4.78 is 0. The van der Waals surface area contributed by atoms with Crippen LogP contribution in [0.1, 0.15) is 29.7 Å². The summed E-state index contributed by atoms with van der Waals surface area (Å²) >= 11 is 0. The SMILES string of the molecule is CC(O)c1ccc(C=Cc2ccc3cc(N(C)C)ccc3c2)cc1. The van der Waals surface area contributed by atoms with E-state index in [1.165, 1.54) is 22.0 Å². The molecule has 0 aliphatic carbocycles. The first-order valence-electron chi connectivity index (χ1n) is 8.20. The van der Waals surface area contributed by atoms with Crippen molar-refractivity contribution < 1.29 is 5.11 Å². The number of benzene rings is 3. The van der Waals surface area contributed by atoms with Gasteiger partial charge >= 0.3 is 0 Å². The molecule has 3 rings (SSSR count). The van der Waals surface area contributed by atoms with Crippen molar-refractivity contribution in [1.82, 2.24) is 0 Å². The highest BCUT2D eigenvalue weighted by molar-refractivity contribution is 5.88. The number of fused-ring (bicyclic) bond motifs is 1. The molecule has 0 radical (unpaired) electrons. The fourth-order valence-electron chi connectivity index (χ4n) is 2.71. The lowest BCUT2D eigenvalue weighted by Gasteiger charge is -2.13. The van der Waals surface area contributed by atoms with Crippen molar-refractivity contribution in [3.05, 3.63) is 77.4 Å². The number of rotatable bonds is 4. The molecule has 24 heavy (non-hydrogen) atoms. The Bertz CT molecular complexity index is 861. The van der Waals surface area contributed by atoms with Crippen LogP contribution in [-0.4, -0.2) is 19.2 Å². The number of hydrogen-bond donors (Lipinski definition) is 1. The van der Waals surface area contributed by atoms with Crippen LogP contribution in [0.4, 0.5) is 5.69 Å². The molecule has 3 aromatic rings. The maximum Gasteiger partial charge on any atom is 0.0761 e. The average molecular weight is 317 g/mol. The second kappa shape index (κ2) is 6.90. The monoisotopic (exact) mass is 317 g/mol. The summed E-state index contributed by atoms with van der Waals surface area (Å²) in [5, 5.41) is 12.0. The summed E-state index contributed by atoms with van der Waals surface area (Å²) in [5.41, 5.74) is 4.46. The van der Waals surface area contributed by atoms with Crippen molar-refractivity contribution in [3.63, 3.8) is 0 Å². The Morgan fingerprint density at radius 2 is 1.38 bits per heavy atom. The third kappa shape index (κ3) is 3.66. The maximum absolute atomic E-state index is 9.56. The van der Waals surface area contributed by atoms with E-state index < -0.39 is 6.10 Å². The van der Waals surface area contributed by atoms with E-state index in [1.54, 1.807) is 6.92 Å². The molecule has 0 saturated heterocycles. The Morgan fingerprint density at radius 3 is 2.04 bits per heavy atom. The first-order chi connectivity index (χ1) is 11.5. The van der Waals surface area contributed by atoms with E-state index in [9.17, 15) is 5.11 Å². The van der Waals surface area contributed by atoms with Gasteiger partial charge in [-0.3, -0.25) is 0 Å². The van der Waals surface area contributed by atoms with Crippen LogP contribution in [0.3, 0.4) is 0 Å². The molecule has 1 unspecified atom stereocenters. The molecule has 0 aliphatic heterocycles. The Kier molecular flexibility index (Phi) is 4.68. The van der Waals surface area contributed by atoms with Crippen molar-refractivity contribution in [2.75, 3.05) is 19.0 Å². The molecule has 0 amide bonds. The van der Waals surface area contributed by atoms with Gasteiger partial charge in [0.05, 0.1) is 6.10 Å². The van der Waals surface area contributed by atoms with Crippen molar-refractivity contribution in [3.8, 4) is 0 Å². The van der Waals surface area contributed by atoms with Crippen molar-refractivity contribution in [2.24, 2.45) is 0 Å². The lowest BCUT2D eigenvalue weighted by atomic mass is 10.0. The predicted molar refractivity (Wildman–Crippen MR) is 104 cm³/mol. The minimum absolute atomic E-state index is 0.421. The molecule has 0 fully saturated rings. The van der Waals surface area contributed by atoms with Crippen LogP contribution in [0.5, 0.6) is 0 Å². The molecule has 2 nitrogen and oxygen atoms in total. The number of nitrogens with zero attached hydrogens (tertiary/aromatic N) is 1. The summed E-state index contributed by atoms with van der Waals surface area (Å²) in [6, 6.07) is 21.0. The van der Waals surface area contributed by atoms with Gasteiger partial charge in [-0.05, 0) is 52.6 Å². The summed E-state index contributed by atoms with van der Waals surface area (Å²) in [6.07, 6.45) is 3.80. The van der Waals surface area contributed by atoms with Crippen LogP contribution >= 0.6 is 0 Å². The summed E-state index contributed by atoms with van der Waals surface area (Å²) in [4.78, 5) is 2.12. The van der Waals surface area contributed by atoms with E-state index in [2.05, 4.69) is 67.5 Å². The molecule has 0 saturated carbocycles. The van der Waals surface area contributed by atoms with E-state index in [1.807, 2.05) is 24.3 Å². The van der Waals surface area contributed by atoms with Gasteiger partial charge in [-0.2, -0.15) is 0 Å². The molecule has 1 atom stereocenters. The largest absolute Gasteiger partial charge is 0.389 e. The molecule has 0 aromatic heterocycles. The smallest absolute Gasteiger partial charge is 0.0761 e. The van der Waals surface area contributed by atoms with E-state index in [0.717, 1.165) is 11.1 Å². The van der Waals surface area contributed by atoms with Gasteiger partial charge in [0.25, 0.3) is 0 Å². The van der Waals surface area contributed by atoms with E-state index in [0.29, 0.717) is 0 Å². The summed E-state index contributed by atoms with van der Waals surface area (Å²) in [6.45, 7) is 1.78. The molecule has 0 heterocycles. The molecule has 0 aliphatic rings. The second-order valence-corrected chi connectivity index (χ2v) is 6.36. The molecular formula is C22H23NO. The fourth-order valence-corrected chi connectivity index (χ4v) is 2.71. The zero-order valence-electron chi connectivity index (χ0n) is 14.4. The lowest BCUT2D eigenvalue weighted by Crippen LogP contribution is -2.07. The van der Waals surface area contributed by atoms with Gasteiger partial charge in [0.1, 0.15) is 0 Å². The van der Waals surface area contributed by atoms with Crippen LogP contribution < -0.4 is 4.90 Å². The summed E-state index contributed by atoms with van der Waals surface area (Å²) in [7, 11) is 4.11. The second-order valence-electron chi connectivity index (χ2n) is 6.36. The normalized spacial score (nSPS) is 12.7. The van der Waals surface area contributed by atoms with Gasteiger partial charge in [0, 0.05) is 19.8 Å². The Hall–Kier alpha value is -2.58. The first-order valence-corrected chi connectivity index (χ1v) is 8.20. The van der Waals surface area contributed by atoms with Gasteiger partial charge in [-0.15, -0.1) is 0 Å². The highest BCUT2D eigenvalue weighted by Gasteiger charge is 2.00. The molecule has 0 spiro atoms. The van der Waals surface area contributed by atoms with Gasteiger partial charge in [-0.25, -0.2) is 0 Å². The molecule has 122 valence electrons. The van der Waals surface area contributed by atoms with Crippen LogP contribution in [0.15, 0.2) is 60.7 Å². The minimum Gasteiger partial charge on any atom is -0.389 e. The topological polar surface area (TPSA) is 23.5 Å². The highest BCUT2D eigenvalue weighted by atomic mass is 16.3. The Morgan fingerprint density at radius 1 is 0.792 bits per heavy atom. The predicted octanol–water partition coefficient (Wildman–Crippen LogP) is 5.13. The standard InChI is InChI=1S/C22H23NO/c1-16(24)19-9-6-17(7-10-19)4-5-18-8-11-21-15-22(23(2)3)13-12-20(21)14-18/h4-16,24H,1-3H3. The molecular weight excluding hydrogens is 294 g/mol. The Labute approximate surface area is 143 Å². The zero-order valence-corrected chi connectivity index (χ0v) is 14.4. The molecule has 1 N–H and O–H groups in total. The van der Waals surface area contributed by atoms with Crippen LogP contribution in [0.2, 0.25) is 0 Å². The molecule has 3 aromatic carbocycles. The van der Waals surface area contributed by atoms with Gasteiger partial charge in [0.2, 0.25) is 0 Å². The molecule has 0 bridgehead atoms. The van der Waals surface area contributed by atoms with Crippen molar-refractivity contribution >= 4 is 28.6 Å². The number of aliphatic hydroxyl groups excluding tert-OH is 1. The number of aliphatic hydroxyl groups is 1. The van der Waals surface area contributed by atoms with Gasteiger partial charge in [0.15, 0.2) is 0 Å².